The molecule has 0 radical (unpaired) electrons. The second-order valence-electron chi connectivity index (χ2n) is 10.7. The van der Waals surface area contributed by atoms with Crippen LogP contribution in [0.3, 0.4) is 0 Å². The molecule has 230 valence electrons. The highest BCUT2D eigenvalue weighted by molar-refractivity contribution is 7.59. The average molecular weight is 601 g/mol. The van der Waals surface area contributed by atoms with Crippen LogP contribution < -0.4 is 11.1 Å². The van der Waals surface area contributed by atoms with E-state index in [4.69, 9.17) is 15.2 Å². The van der Waals surface area contributed by atoms with Gasteiger partial charge in [0.2, 0.25) is 5.91 Å². The molecule has 4 rings (SSSR count). The maximum atomic E-state index is 13.5. The van der Waals surface area contributed by atoms with E-state index in [1.54, 1.807) is 7.11 Å². The number of nitrogens with two attached hydrogens (primary N) is 1. The molecule has 0 aromatic heterocycles. The highest BCUT2D eigenvalue weighted by Crippen LogP contribution is 2.29. The summed E-state index contributed by atoms with van der Waals surface area (Å²) >= 11 is 0. The molecule has 4 atom stereocenters. The third-order valence-electron chi connectivity index (χ3n) is 7.66. The highest BCUT2D eigenvalue weighted by Gasteiger charge is 2.52. The Bertz CT molecular complexity index is 941. The summed E-state index contributed by atoms with van der Waals surface area (Å²) in [6.07, 6.45) is 2.19. The summed E-state index contributed by atoms with van der Waals surface area (Å²) in [7, 11) is 1.73. The Morgan fingerprint density at radius 1 is 1.12 bits per heavy atom. The molecule has 11 heteroatoms. The molecule has 2 amide bonds. The van der Waals surface area contributed by atoms with Crippen LogP contribution in [0.25, 0.3) is 0 Å². The van der Waals surface area contributed by atoms with Crippen molar-refractivity contribution in [2.45, 2.75) is 78.1 Å². The van der Waals surface area contributed by atoms with Crippen molar-refractivity contribution in [1.29, 1.82) is 0 Å². The molecule has 3 N–H and O–H groups in total. The van der Waals surface area contributed by atoms with E-state index in [0.717, 1.165) is 39.1 Å². The predicted molar refractivity (Wildman–Crippen MR) is 170 cm³/mol. The lowest BCUT2D eigenvalue weighted by molar-refractivity contribution is -0.138. The van der Waals surface area contributed by atoms with Gasteiger partial charge in [-0.05, 0) is 61.9 Å². The van der Waals surface area contributed by atoms with E-state index in [0.29, 0.717) is 17.9 Å². The Kier molecular flexibility index (Phi) is 16.6. The minimum Gasteiger partial charge on any atom is -0.383 e. The summed E-state index contributed by atoms with van der Waals surface area (Å²) in [5.74, 6) is -0.0237. The van der Waals surface area contributed by atoms with Crippen LogP contribution in [0.2, 0.25) is 0 Å². The van der Waals surface area contributed by atoms with E-state index in [1.807, 2.05) is 38.1 Å². The molecule has 0 unspecified atom stereocenters. The van der Waals surface area contributed by atoms with E-state index >= 15 is 0 Å². The number of hydrogen-bond donors (Lipinski definition) is 2. The van der Waals surface area contributed by atoms with E-state index in [1.165, 1.54) is 10.5 Å². The molecule has 3 aliphatic heterocycles. The maximum Gasteiger partial charge on any atom is 0.251 e. The van der Waals surface area contributed by atoms with Crippen LogP contribution in [0.1, 0.15) is 69.8 Å². The normalized spacial score (nSPS) is 23.3. The smallest absolute Gasteiger partial charge is 0.251 e. The van der Waals surface area contributed by atoms with Gasteiger partial charge in [0.25, 0.3) is 5.91 Å². The van der Waals surface area contributed by atoms with Crippen LogP contribution in [0.5, 0.6) is 0 Å². The second kappa shape index (κ2) is 17.4. The van der Waals surface area contributed by atoms with Gasteiger partial charge in [-0.1, -0.05) is 40.8 Å². The minimum atomic E-state index is -0.729. The van der Waals surface area contributed by atoms with Gasteiger partial charge in [-0.3, -0.25) is 14.4 Å². The number of amides is 2. The first kappa shape index (κ1) is 38.4. The standard InChI is InChI=1S/C27H40N4O5.2CH4.2H2S/c1-17(2)14-22(27(34)31-15-21(28)25-24(31)23(32)16-36-25)29-26(33)20-6-4-18(5-7-20)19-8-10-30(11-9-19)12-13-35-3;;;;/h4-7,17,19,21-22,24-25H,8-16,28H2,1-3H3,(H,29,33);2*1H4;2*1H2/t21-,22+,24-,25-;;;;/m1..../s1. The number of carbonyl (C=O) groups is 3. The van der Waals surface area contributed by atoms with Gasteiger partial charge in [0.15, 0.2) is 5.78 Å². The quantitative estimate of drug-likeness (QED) is 0.448. The Balaban J connectivity index is 0.00000380. The highest BCUT2D eigenvalue weighted by atomic mass is 32.1. The number of methoxy groups -OCH3 is 1. The number of hydrogen-bond acceptors (Lipinski definition) is 7. The van der Waals surface area contributed by atoms with Crippen molar-refractivity contribution >= 4 is 44.6 Å². The van der Waals surface area contributed by atoms with Crippen LogP contribution in [0, 0.1) is 5.92 Å². The number of rotatable bonds is 9. The second-order valence-corrected chi connectivity index (χ2v) is 10.7. The molecule has 0 bridgehead atoms. The summed E-state index contributed by atoms with van der Waals surface area (Å²) in [5, 5.41) is 2.93. The Hall–Kier alpha value is -1.63. The largest absolute Gasteiger partial charge is 0.383 e. The third-order valence-corrected chi connectivity index (χ3v) is 7.66. The monoisotopic (exact) mass is 600 g/mol. The van der Waals surface area contributed by atoms with E-state index in [-0.39, 0.29) is 78.5 Å². The number of likely N-dealkylation sites (tertiary alicyclic amines) is 2. The first-order chi connectivity index (χ1) is 17.3. The van der Waals surface area contributed by atoms with Crippen molar-refractivity contribution in [2.24, 2.45) is 11.7 Å². The Morgan fingerprint density at radius 2 is 1.75 bits per heavy atom. The molecule has 9 nitrogen and oxygen atoms in total. The number of piperidine rings is 1. The van der Waals surface area contributed by atoms with Crippen molar-refractivity contribution in [2.75, 3.05) is 46.5 Å². The molecule has 3 aliphatic rings. The Labute approximate surface area is 254 Å². The molecule has 0 spiro atoms. The van der Waals surface area contributed by atoms with Gasteiger partial charge < -0.3 is 30.3 Å². The molecule has 0 aliphatic carbocycles. The molecule has 1 aromatic rings. The van der Waals surface area contributed by atoms with Crippen LogP contribution in [-0.2, 0) is 19.1 Å². The summed E-state index contributed by atoms with van der Waals surface area (Å²) in [6, 6.07) is 5.96. The molecular weight excluding hydrogens is 548 g/mol. The number of nitrogens with one attached hydrogen (secondary N) is 1. The zero-order valence-electron chi connectivity index (χ0n) is 22.7. The fourth-order valence-electron chi connectivity index (χ4n) is 5.67. The maximum absolute atomic E-state index is 13.5. The van der Waals surface area contributed by atoms with Crippen molar-refractivity contribution in [3.8, 4) is 0 Å². The van der Waals surface area contributed by atoms with Crippen molar-refractivity contribution in [1.82, 2.24) is 15.1 Å². The lowest BCUT2D eigenvalue weighted by atomic mass is 9.89. The van der Waals surface area contributed by atoms with E-state index in [2.05, 4.69) is 10.2 Å². The lowest BCUT2D eigenvalue weighted by Crippen LogP contribution is -2.52. The summed E-state index contributed by atoms with van der Waals surface area (Å²) in [4.78, 5) is 42.9. The predicted octanol–water partition coefficient (Wildman–Crippen LogP) is 2.66. The zero-order chi connectivity index (χ0) is 25.8. The van der Waals surface area contributed by atoms with Crippen LogP contribution in [0.4, 0.5) is 0 Å². The molecule has 0 saturated carbocycles. The summed E-state index contributed by atoms with van der Waals surface area (Å²) in [6.45, 7) is 8.05. The van der Waals surface area contributed by atoms with Gasteiger partial charge in [0.1, 0.15) is 24.8 Å². The average Bonchev–Trinajstić information content (AvgIpc) is 3.42. The third kappa shape index (κ3) is 8.93. The fourth-order valence-corrected chi connectivity index (χ4v) is 5.67. The molecule has 3 saturated heterocycles. The molecule has 40 heavy (non-hydrogen) atoms. The first-order valence-corrected chi connectivity index (χ1v) is 13.1. The van der Waals surface area contributed by atoms with Gasteiger partial charge in [0, 0.05) is 25.8 Å². The number of benzene rings is 1. The molecule has 1 aromatic carbocycles. The fraction of sp³-hybridized carbons (Fsp3) is 0.690. The Morgan fingerprint density at radius 3 is 2.33 bits per heavy atom. The SMILES string of the molecule is C.C.COCCN1CCC(c2ccc(C(=O)N[C@@H](CC(C)C)C(=O)N3C[C@@H](N)[C@H]4OCC(=O)[C@H]43)cc2)CC1.S.S. The number of ketones is 1. The topological polar surface area (TPSA) is 114 Å². The van der Waals surface area contributed by atoms with Crippen LogP contribution >= 0.6 is 27.0 Å². The van der Waals surface area contributed by atoms with E-state index < -0.39 is 24.2 Å². The number of nitrogens with zero attached hydrogens (tertiary/aromatic N) is 2. The number of fused-ring (bicyclic) bond motifs is 1. The van der Waals surface area contributed by atoms with E-state index in [9.17, 15) is 14.4 Å². The summed E-state index contributed by atoms with van der Waals surface area (Å²) < 4.78 is 10.7. The van der Waals surface area contributed by atoms with Gasteiger partial charge in [-0.25, -0.2) is 0 Å². The zero-order valence-corrected chi connectivity index (χ0v) is 24.7. The van der Waals surface area contributed by atoms with Crippen molar-refractivity contribution in [3.63, 3.8) is 0 Å². The van der Waals surface area contributed by atoms with Crippen molar-refractivity contribution in [3.05, 3.63) is 35.4 Å². The molecule has 3 fully saturated rings. The number of carbonyl (C=O) groups excluding carboxylic acids is 3. The minimum absolute atomic E-state index is 0. The molecular formula is C29H52N4O5S2. The van der Waals surface area contributed by atoms with Gasteiger partial charge in [0.05, 0.1) is 12.6 Å². The van der Waals surface area contributed by atoms with Crippen LogP contribution in [0.15, 0.2) is 24.3 Å². The van der Waals surface area contributed by atoms with Gasteiger partial charge in [-0.15, -0.1) is 0 Å². The lowest BCUT2D eigenvalue weighted by Gasteiger charge is -2.32. The number of Topliss-reactive ketones (excluding diaryl/α,β-unsaturated/α-hetero) is 1. The van der Waals surface area contributed by atoms with Gasteiger partial charge >= 0.3 is 0 Å². The summed E-state index contributed by atoms with van der Waals surface area (Å²) in [5.41, 5.74) is 7.90. The van der Waals surface area contributed by atoms with Gasteiger partial charge in [-0.2, -0.15) is 27.0 Å². The molecule has 3 heterocycles. The van der Waals surface area contributed by atoms with Crippen molar-refractivity contribution < 1.29 is 23.9 Å². The van der Waals surface area contributed by atoms with Crippen LogP contribution in [-0.4, -0.2) is 98.1 Å². The first-order valence-electron chi connectivity index (χ1n) is 13.1. The number of ether oxygens (including phenoxy) is 2.